The monoisotopic (exact) mass is 293 g/mol. The third kappa shape index (κ3) is 2.13. The zero-order valence-corrected chi connectivity index (χ0v) is 11.3. The molecule has 3 rings (SSSR count). The maximum atomic E-state index is 11.8. The van der Waals surface area contributed by atoms with Gasteiger partial charge in [0.15, 0.2) is 0 Å². The van der Waals surface area contributed by atoms with Crippen LogP contribution in [0.15, 0.2) is 22.7 Å². The minimum atomic E-state index is 0.178. The summed E-state index contributed by atoms with van der Waals surface area (Å²) in [6.07, 6.45) is 5.88. The average Bonchev–Trinajstić information content (AvgIpc) is 2.82. The molecule has 0 saturated heterocycles. The van der Waals surface area contributed by atoms with E-state index in [4.69, 9.17) is 0 Å². The van der Waals surface area contributed by atoms with Crippen molar-refractivity contribution < 1.29 is 4.79 Å². The summed E-state index contributed by atoms with van der Waals surface area (Å²) >= 11 is 3.53. The van der Waals surface area contributed by atoms with Gasteiger partial charge < -0.3 is 5.32 Å². The molecule has 1 saturated carbocycles. The van der Waals surface area contributed by atoms with Gasteiger partial charge in [0, 0.05) is 16.6 Å². The SMILES string of the molecule is O=C1CC(C2CCCC2)c2cc(Br)ccc2N1. The first-order valence-corrected chi connectivity index (χ1v) is 7.12. The van der Waals surface area contributed by atoms with Gasteiger partial charge in [0.1, 0.15) is 0 Å². The van der Waals surface area contributed by atoms with Gasteiger partial charge in [-0.1, -0.05) is 28.8 Å². The topological polar surface area (TPSA) is 29.1 Å². The second-order valence-corrected chi connectivity index (χ2v) is 6.05. The van der Waals surface area contributed by atoms with E-state index in [-0.39, 0.29) is 5.91 Å². The fourth-order valence-electron chi connectivity index (χ4n) is 3.25. The number of hydrogen-bond acceptors (Lipinski definition) is 1. The molecule has 1 aromatic rings. The first-order chi connectivity index (χ1) is 8.24. The van der Waals surface area contributed by atoms with Crippen LogP contribution >= 0.6 is 15.9 Å². The van der Waals surface area contributed by atoms with Crippen molar-refractivity contribution in [2.45, 2.75) is 38.0 Å². The van der Waals surface area contributed by atoms with Crippen LogP contribution in [0.1, 0.15) is 43.6 Å². The number of carbonyl (C=O) groups excluding carboxylic acids is 1. The van der Waals surface area contributed by atoms with Crippen molar-refractivity contribution in [3.8, 4) is 0 Å². The van der Waals surface area contributed by atoms with E-state index in [1.54, 1.807) is 0 Å². The molecule has 1 aliphatic heterocycles. The largest absolute Gasteiger partial charge is 0.326 e. The minimum Gasteiger partial charge on any atom is -0.326 e. The molecule has 1 aromatic carbocycles. The molecule has 1 aliphatic carbocycles. The molecule has 1 amide bonds. The molecule has 17 heavy (non-hydrogen) atoms. The molecule has 0 bridgehead atoms. The Morgan fingerprint density at radius 1 is 1.24 bits per heavy atom. The lowest BCUT2D eigenvalue weighted by Crippen LogP contribution is -2.26. The van der Waals surface area contributed by atoms with Crippen molar-refractivity contribution in [3.05, 3.63) is 28.2 Å². The van der Waals surface area contributed by atoms with Gasteiger partial charge in [-0.25, -0.2) is 0 Å². The zero-order valence-electron chi connectivity index (χ0n) is 9.71. The van der Waals surface area contributed by atoms with Crippen molar-refractivity contribution in [1.29, 1.82) is 0 Å². The van der Waals surface area contributed by atoms with E-state index in [9.17, 15) is 4.79 Å². The van der Waals surface area contributed by atoms with Crippen LogP contribution in [0.3, 0.4) is 0 Å². The van der Waals surface area contributed by atoms with Gasteiger partial charge in [0.05, 0.1) is 0 Å². The summed E-state index contributed by atoms with van der Waals surface area (Å²) in [5, 5.41) is 2.98. The number of rotatable bonds is 1. The molecule has 1 N–H and O–H groups in total. The lowest BCUT2D eigenvalue weighted by molar-refractivity contribution is -0.117. The first kappa shape index (κ1) is 11.3. The Morgan fingerprint density at radius 3 is 2.76 bits per heavy atom. The Kier molecular flexibility index (Phi) is 2.95. The third-order valence-electron chi connectivity index (χ3n) is 4.06. The van der Waals surface area contributed by atoms with Crippen molar-refractivity contribution >= 4 is 27.5 Å². The van der Waals surface area contributed by atoms with Crippen LogP contribution in [0.2, 0.25) is 0 Å². The second-order valence-electron chi connectivity index (χ2n) is 5.13. The zero-order chi connectivity index (χ0) is 11.8. The summed E-state index contributed by atoms with van der Waals surface area (Å²) in [4.78, 5) is 11.8. The van der Waals surface area contributed by atoms with Crippen LogP contribution in [0.4, 0.5) is 5.69 Å². The highest BCUT2D eigenvalue weighted by molar-refractivity contribution is 9.10. The van der Waals surface area contributed by atoms with Crippen molar-refractivity contribution in [2.24, 2.45) is 5.92 Å². The van der Waals surface area contributed by atoms with E-state index in [0.29, 0.717) is 18.3 Å². The fraction of sp³-hybridized carbons (Fsp3) is 0.500. The summed E-state index contributed by atoms with van der Waals surface area (Å²) in [6, 6.07) is 6.19. The lowest BCUT2D eigenvalue weighted by Gasteiger charge is -2.30. The Bertz CT molecular complexity index is 452. The van der Waals surface area contributed by atoms with E-state index < -0.39 is 0 Å². The highest BCUT2D eigenvalue weighted by atomic mass is 79.9. The number of hydrogen-bond donors (Lipinski definition) is 1. The van der Waals surface area contributed by atoms with E-state index in [2.05, 4.69) is 27.3 Å². The molecule has 0 radical (unpaired) electrons. The number of halogens is 1. The molecule has 1 unspecified atom stereocenters. The molecule has 1 heterocycles. The molecular formula is C14H16BrNO. The Balaban J connectivity index is 1.99. The highest BCUT2D eigenvalue weighted by Gasteiger charge is 2.32. The summed E-state index contributed by atoms with van der Waals surface area (Å²) in [7, 11) is 0. The van der Waals surface area contributed by atoms with E-state index >= 15 is 0 Å². The van der Waals surface area contributed by atoms with Gasteiger partial charge in [0.25, 0.3) is 0 Å². The second kappa shape index (κ2) is 4.45. The van der Waals surface area contributed by atoms with Crippen LogP contribution < -0.4 is 5.32 Å². The fourth-order valence-corrected chi connectivity index (χ4v) is 3.62. The van der Waals surface area contributed by atoms with Crippen LogP contribution in [-0.4, -0.2) is 5.91 Å². The molecular weight excluding hydrogens is 278 g/mol. The van der Waals surface area contributed by atoms with Gasteiger partial charge in [0.2, 0.25) is 5.91 Å². The Labute approximate surface area is 110 Å². The Hall–Kier alpha value is -0.830. The number of anilines is 1. The minimum absolute atomic E-state index is 0.178. The molecule has 2 aliphatic rings. The van der Waals surface area contributed by atoms with Crippen LogP contribution in [0, 0.1) is 5.92 Å². The predicted molar refractivity (Wildman–Crippen MR) is 72.1 cm³/mol. The van der Waals surface area contributed by atoms with Crippen LogP contribution in [0.5, 0.6) is 0 Å². The van der Waals surface area contributed by atoms with Crippen molar-refractivity contribution in [1.82, 2.24) is 0 Å². The first-order valence-electron chi connectivity index (χ1n) is 6.33. The molecule has 90 valence electrons. The smallest absolute Gasteiger partial charge is 0.225 e. The number of fused-ring (bicyclic) bond motifs is 1. The van der Waals surface area contributed by atoms with Gasteiger partial charge >= 0.3 is 0 Å². The molecule has 2 nitrogen and oxygen atoms in total. The third-order valence-corrected chi connectivity index (χ3v) is 4.55. The normalized spacial score (nSPS) is 24.5. The number of carbonyl (C=O) groups is 1. The molecule has 1 fully saturated rings. The predicted octanol–water partition coefficient (Wildman–Crippen LogP) is 4.07. The van der Waals surface area contributed by atoms with Crippen LogP contribution in [-0.2, 0) is 4.79 Å². The van der Waals surface area contributed by atoms with Gasteiger partial charge in [-0.3, -0.25) is 4.79 Å². The number of amides is 1. The number of benzene rings is 1. The van der Waals surface area contributed by atoms with E-state index in [1.807, 2.05) is 12.1 Å². The highest BCUT2D eigenvalue weighted by Crippen LogP contribution is 2.44. The van der Waals surface area contributed by atoms with Gasteiger partial charge in [-0.2, -0.15) is 0 Å². The van der Waals surface area contributed by atoms with Crippen LogP contribution in [0.25, 0.3) is 0 Å². The van der Waals surface area contributed by atoms with Crippen molar-refractivity contribution in [3.63, 3.8) is 0 Å². The van der Waals surface area contributed by atoms with Crippen molar-refractivity contribution in [2.75, 3.05) is 5.32 Å². The molecule has 0 spiro atoms. The molecule has 0 aromatic heterocycles. The standard InChI is InChI=1S/C14H16BrNO/c15-10-5-6-13-12(7-10)11(8-14(17)16-13)9-3-1-2-4-9/h5-7,9,11H,1-4,8H2,(H,16,17). The number of nitrogens with one attached hydrogen (secondary N) is 1. The quantitative estimate of drug-likeness (QED) is 0.831. The average molecular weight is 294 g/mol. The van der Waals surface area contributed by atoms with E-state index in [1.165, 1.54) is 31.2 Å². The summed E-state index contributed by atoms with van der Waals surface area (Å²) in [5.41, 5.74) is 2.34. The summed E-state index contributed by atoms with van der Waals surface area (Å²) in [6.45, 7) is 0. The van der Waals surface area contributed by atoms with Gasteiger partial charge in [-0.15, -0.1) is 0 Å². The maximum Gasteiger partial charge on any atom is 0.225 e. The van der Waals surface area contributed by atoms with E-state index in [0.717, 1.165) is 10.2 Å². The summed E-state index contributed by atoms with van der Waals surface area (Å²) in [5.74, 6) is 1.31. The summed E-state index contributed by atoms with van der Waals surface area (Å²) < 4.78 is 1.11. The lowest BCUT2D eigenvalue weighted by atomic mass is 9.80. The molecule has 1 atom stereocenters. The Morgan fingerprint density at radius 2 is 2.00 bits per heavy atom. The van der Waals surface area contributed by atoms with Gasteiger partial charge in [-0.05, 0) is 48.4 Å². The molecule has 3 heteroatoms. The maximum absolute atomic E-state index is 11.8.